The summed E-state index contributed by atoms with van der Waals surface area (Å²) in [5.41, 5.74) is 4.33. The van der Waals surface area contributed by atoms with E-state index in [1.807, 2.05) is 0 Å². The van der Waals surface area contributed by atoms with Crippen molar-refractivity contribution in [2.75, 3.05) is 0 Å². The van der Waals surface area contributed by atoms with Crippen molar-refractivity contribution in [3.63, 3.8) is 0 Å². The molecule has 0 nitrogen and oxygen atoms in total. The Hall–Kier alpha value is -0.520. The van der Waals surface area contributed by atoms with Gasteiger partial charge in [-0.1, -0.05) is 44.6 Å². The van der Waals surface area contributed by atoms with Gasteiger partial charge in [-0.2, -0.15) is 0 Å². The summed E-state index contributed by atoms with van der Waals surface area (Å²) in [7, 11) is 0. The van der Waals surface area contributed by atoms with Crippen LogP contribution in [0, 0.1) is 46.3 Å². The van der Waals surface area contributed by atoms with Gasteiger partial charge in [0, 0.05) is 0 Å². The zero-order valence-corrected chi connectivity index (χ0v) is 17.4. The molecule has 0 heteroatoms. The molecule has 0 heterocycles. The fourth-order valence-corrected chi connectivity index (χ4v) is 7.98. The number of allylic oxidation sites excluding steroid dienone is 3. The van der Waals surface area contributed by atoms with Gasteiger partial charge in [-0.3, -0.25) is 0 Å². The molecule has 25 heavy (non-hydrogen) atoms. The smallest absolute Gasteiger partial charge is 0.0172 e. The molecule has 140 valence electrons. The van der Waals surface area contributed by atoms with Crippen LogP contribution in [0.15, 0.2) is 23.8 Å². The maximum absolute atomic E-state index is 4.43. The standard InChI is InChI=1S/C25H40/c1-16(2)19-11-12-24(5)13-14-25(6)15-21-18(4)7-9-20(21)17(3)8-10-22(25)23(19)24/h8,18-23H,1,7,9-15H2,2-6H3/b17-8-/t18-,19+,20-,21-,22-,23-,24-,25+/m0/s1. The highest BCUT2D eigenvalue weighted by Gasteiger charge is 2.57. The molecule has 0 aliphatic heterocycles. The summed E-state index contributed by atoms with van der Waals surface area (Å²) in [5, 5.41) is 0. The third-order valence-electron chi connectivity index (χ3n) is 9.65. The molecule has 0 unspecified atom stereocenters. The first-order valence-corrected chi connectivity index (χ1v) is 11.1. The second-order valence-corrected chi connectivity index (χ2v) is 11.1. The molecule has 0 amide bonds. The van der Waals surface area contributed by atoms with Crippen LogP contribution >= 0.6 is 0 Å². The number of hydrogen-bond donors (Lipinski definition) is 0. The van der Waals surface area contributed by atoms with Crippen molar-refractivity contribution in [1.82, 2.24) is 0 Å². The molecule has 4 aliphatic carbocycles. The van der Waals surface area contributed by atoms with Crippen LogP contribution in [0.5, 0.6) is 0 Å². The number of hydrogen-bond acceptors (Lipinski definition) is 0. The van der Waals surface area contributed by atoms with Crippen LogP contribution in [-0.2, 0) is 0 Å². The molecule has 3 saturated carbocycles. The fraction of sp³-hybridized carbons (Fsp3) is 0.840. The topological polar surface area (TPSA) is 0 Å². The summed E-state index contributed by atoms with van der Waals surface area (Å²) in [5.74, 6) is 5.29. The molecule has 4 rings (SSSR count). The van der Waals surface area contributed by atoms with Crippen molar-refractivity contribution < 1.29 is 0 Å². The maximum atomic E-state index is 4.43. The third-order valence-corrected chi connectivity index (χ3v) is 9.65. The highest BCUT2D eigenvalue weighted by atomic mass is 14.6. The Morgan fingerprint density at radius 3 is 2.52 bits per heavy atom. The van der Waals surface area contributed by atoms with E-state index in [-0.39, 0.29) is 0 Å². The van der Waals surface area contributed by atoms with E-state index in [4.69, 9.17) is 0 Å². The molecule has 0 radical (unpaired) electrons. The predicted octanol–water partition coefficient (Wildman–Crippen LogP) is 7.41. The maximum Gasteiger partial charge on any atom is -0.0172 e. The molecule has 0 N–H and O–H groups in total. The number of rotatable bonds is 1. The highest BCUT2D eigenvalue weighted by molar-refractivity contribution is 5.18. The van der Waals surface area contributed by atoms with Crippen LogP contribution in [0.25, 0.3) is 0 Å². The lowest BCUT2D eigenvalue weighted by Crippen LogP contribution is -2.48. The van der Waals surface area contributed by atoms with Crippen LogP contribution in [0.2, 0.25) is 0 Å². The summed E-state index contributed by atoms with van der Waals surface area (Å²) >= 11 is 0. The van der Waals surface area contributed by atoms with Crippen molar-refractivity contribution in [3.8, 4) is 0 Å². The Bertz CT molecular complexity index is 583. The molecule has 0 aromatic carbocycles. The minimum absolute atomic E-state index is 0.556. The van der Waals surface area contributed by atoms with E-state index in [2.05, 4.69) is 47.3 Å². The van der Waals surface area contributed by atoms with Crippen LogP contribution < -0.4 is 0 Å². The molecule has 0 aromatic heterocycles. The molecule has 4 aliphatic rings. The van der Waals surface area contributed by atoms with Gasteiger partial charge in [0.25, 0.3) is 0 Å². The van der Waals surface area contributed by atoms with Gasteiger partial charge in [0.05, 0.1) is 0 Å². The van der Waals surface area contributed by atoms with Crippen molar-refractivity contribution in [2.45, 2.75) is 86.0 Å². The number of fused-ring (bicyclic) bond motifs is 4. The zero-order valence-electron chi connectivity index (χ0n) is 17.4. The van der Waals surface area contributed by atoms with Crippen LogP contribution in [0.3, 0.4) is 0 Å². The van der Waals surface area contributed by atoms with Gasteiger partial charge in [-0.05, 0) is 112 Å². The second-order valence-electron chi connectivity index (χ2n) is 11.1. The first-order chi connectivity index (χ1) is 11.8. The SMILES string of the molecule is C=C(C)[C@H]1CC[C@@]2(C)CC[C@]3(C)C[C@H]4[C@@H](C)CC[C@H]4/C(C)=C\C[C@H]3[C@H]12. The van der Waals surface area contributed by atoms with Gasteiger partial charge in [0.2, 0.25) is 0 Å². The van der Waals surface area contributed by atoms with Crippen LogP contribution in [-0.4, -0.2) is 0 Å². The van der Waals surface area contributed by atoms with Crippen LogP contribution in [0.4, 0.5) is 0 Å². The Balaban J connectivity index is 1.74. The Morgan fingerprint density at radius 2 is 1.80 bits per heavy atom. The van der Waals surface area contributed by atoms with Crippen molar-refractivity contribution in [2.24, 2.45) is 46.3 Å². The Kier molecular flexibility index (Phi) is 4.29. The normalized spacial score (nSPS) is 54.5. The molecular formula is C25H40. The van der Waals surface area contributed by atoms with Gasteiger partial charge in [-0.25, -0.2) is 0 Å². The molecular weight excluding hydrogens is 300 g/mol. The summed E-state index contributed by atoms with van der Waals surface area (Å²) in [4.78, 5) is 0. The lowest BCUT2D eigenvalue weighted by atomic mass is 9.49. The average molecular weight is 341 g/mol. The van der Waals surface area contributed by atoms with Gasteiger partial charge in [-0.15, -0.1) is 0 Å². The van der Waals surface area contributed by atoms with Crippen molar-refractivity contribution in [1.29, 1.82) is 0 Å². The molecule has 0 spiro atoms. The fourth-order valence-electron chi connectivity index (χ4n) is 7.98. The molecule has 3 fully saturated rings. The monoisotopic (exact) mass is 340 g/mol. The van der Waals surface area contributed by atoms with Gasteiger partial charge in [0.15, 0.2) is 0 Å². The second kappa shape index (κ2) is 6.00. The minimum atomic E-state index is 0.556. The first kappa shape index (κ1) is 17.9. The van der Waals surface area contributed by atoms with Crippen molar-refractivity contribution in [3.05, 3.63) is 23.8 Å². The zero-order chi connectivity index (χ0) is 18.0. The van der Waals surface area contributed by atoms with E-state index < -0.39 is 0 Å². The molecule has 0 saturated heterocycles. The Labute approximate surface area is 156 Å². The van der Waals surface area contributed by atoms with Crippen LogP contribution in [0.1, 0.15) is 86.0 Å². The predicted molar refractivity (Wildman–Crippen MR) is 108 cm³/mol. The highest BCUT2D eigenvalue weighted by Crippen LogP contribution is 2.66. The first-order valence-electron chi connectivity index (χ1n) is 11.1. The van der Waals surface area contributed by atoms with E-state index in [0.29, 0.717) is 10.8 Å². The minimum Gasteiger partial charge on any atom is -0.0998 e. The quantitative estimate of drug-likeness (QED) is 0.436. The largest absolute Gasteiger partial charge is 0.0998 e. The lowest BCUT2D eigenvalue weighted by Gasteiger charge is -2.56. The van der Waals surface area contributed by atoms with Crippen molar-refractivity contribution >= 4 is 0 Å². The molecule has 8 atom stereocenters. The van der Waals surface area contributed by atoms with Gasteiger partial charge >= 0.3 is 0 Å². The van der Waals surface area contributed by atoms with E-state index in [1.165, 1.54) is 56.9 Å². The summed E-state index contributed by atoms with van der Waals surface area (Å²) in [6.45, 7) is 17.0. The molecule has 0 bridgehead atoms. The molecule has 0 aromatic rings. The summed E-state index contributed by atoms with van der Waals surface area (Å²) in [6, 6.07) is 0. The van der Waals surface area contributed by atoms with E-state index in [0.717, 1.165) is 35.5 Å². The Morgan fingerprint density at radius 1 is 1.08 bits per heavy atom. The van der Waals surface area contributed by atoms with Gasteiger partial charge in [0.1, 0.15) is 0 Å². The van der Waals surface area contributed by atoms with Gasteiger partial charge < -0.3 is 0 Å². The lowest BCUT2D eigenvalue weighted by molar-refractivity contribution is -0.0505. The average Bonchev–Trinajstić information content (AvgIpc) is 3.07. The summed E-state index contributed by atoms with van der Waals surface area (Å²) < 4.78 is 0. The van der Waals surface area contributed by atoms with E-state index >= 15 is 0 Å². The third kappa shape index (κ3) is 2.69. The van der Waals surface area contributed by atoms with E-state index in [9.17, 15) is 0 Å². The summed E-state index contributed by atoms with van der Waals surface area (Å²) in [6.07, 6.45) is 14.2. The van der Waals surface area contributed by atoms with E-state index in [1.54, 1.807) is 5.57 Å².